The molecule has 0 aliphatic heterocycles. The fourth-order valence-corrected chi connectivity index (χ4v) is 1.59. The van der Waals surface area contributed by atoms with Gasteiger partial charge >= 0.3 is 6.18 Å². The molecule has 0 nitrogen and oxygen atoms in total. The molecule has 72 valence electrons. The molecule has 0 saturated carbocycles. The summed E-state index contributed by atoms with van der Waals surface area (Å²) in [5, 5.41) is 0. The van der Waals surface area contributed by atoms with Crippen molar-refractivity contribution in [3.63, 3.8) is 0 Å². The molecule has 0 amide bonds. The van der Waals surface area contributed by atoms with E-state index in [1.165, 1.54) is 0 Å². The molecule has 1 aromatic carbocycles. The number of hydrogen-bond acceptors (Lipinski definition) is 0. The molecule has 0 heterocycles. The molecule has 0 aliphatic carbocycles. The topological polar surface area (TPSA) is 0 Å². The van der Waals surface area contributed by atoms with E-state index in [1.807, 2.05) is 6.07 Å². The summed E-state index contributed by atoms with van der Waals surface area (Å²) in [6.07, 6.45) is -4.73. The first-order valence-electron chi connectivity index (χ1n) is 3.78. The monoisotopic (exact) mass is 300 g/mol. The van der Waals surface area contributed by atoms with Crippen molar-refractivity contribution < 1.29 is 13.2 Å². The maximum absolute atomic E-state index is 11.8. The normalized spacial score (nSPS) is 11.7. The van der Waals surface area contributed by atoms with Gasteiger partial charge in [0.2, 0.25) is 0 Å². The van der Waals surface area contributed by atoms with Gasteiger partial charge in [-0.3, -0.25) is 0 Å². The van der Waals surface area contributed by atoms with Crippen molar-refractivity contribution in [3.05, 3.63) is 33.4 Å². The van der Waals surface area contributed by atoms with Crippen LogP contribution in [0.5, 0.6) is 0 Å². The summed E-state index contributed by atoms with van der Waals surface area (Å²) in [5.41, 5.74) is 0.740. The molecule has 0 fully saturated rings. The van der Waals surface area contributed by atoms with Gasteiger partial charge in [-0.2, -0.15) is 13.2 Å². The molecule has 4 heteroatoms. The Hall–Kier alpha value is -0.260. The lowest BCUT2D eigenvalue weighted by molar-refractivity contribution is -0.133. The highest BCUT2D eigenvalue weighted by Gasteiger charge is 2.26. The van der Waals surface area contributed by atoms with E-state index in [2.05, 4.69) is 22.6 Å². The van der Waals surface area contributed by atoms with Crippen LogP contribution in [0.15, 0.2) is 24.3 Å². The first-order valence-corrected chi connectivity index (χ1v) is 4.86. The first kappa shape index (κ1) is 10.8. The third kappa shape index (κ3) is 4.50. The second-order valence-electron chi connectivity index (χ2n) is 2.75. The number of benzene rings is 1. The van der Waals surface area contributed by atoms with Crippen LogP contribution < -0.4 is 0 Å². The van der Waals surface area contributed by atoms with Gasteiger partial charge in [0.15, 0.2) is 0 Å². The van der Waals surface area contributed by atoms with Gasteiger partial charge < -0.3 is 0 Å². The Labute approximate surface area is 88.3 Å². The maximum Gasteiger partial charge on any atom is 0.389 e. The fraction of sp³-hybridized carbons (Fsp3) is 0.333. The maximum atomic E-state index is 11.8. The molecule has 0 bridgehead atoms. The van der Waals surface area contributed by atoms with Gasteiger partial charge in [0.05, 0.1) is 0 Å². The Morgan fingerprint density at radius 1 is 1.23 bits per heavy atom. The lowest BCUT2D eigenvalue weighted by atomic mass is 10.1. The largest absolute Gasteiger partial charge is 0.389 e. The molecule has 1 aromatic rings. The molecule has 1 rings (SSSR count). The quantitative estimate of drug-likeness (QED) is 0.729. The highest BCUT2D eigenvalue weighted by molar-refractivity contribution is 14.1. The minimum absolute atomic E-state index is 0.0698. The summed E-state index contributed by atoms with van der Waals surface area (Å²) in [6, 6.07) is 7.12. The molecule has 13 heavy (non-hydrogen) atoms. The van der Waals surface area contributed by atoms with Crippen LogP contribution in [0.1, 0.15) is 12.0 Å². The molecule has 0 atom stereocenters. The third-order valence-electron chi connectivity index (χ3n) is 1.59. The summed E-state index contributed by atoms with van der Waals surface area (Å²) in [5.74, 6) is 0. The van der Waals surface area contributed by atoms with Crippen molar-refractivity contribution in [2.75, 3.05) is 0 Å². The van der Waals surface area contributed by atoms with Crippen molar-refractivity contribution in [2.45, 2.75) is 19.0 Å². The number of aryl methyl sites for hydroxylation is 1. The summed E-state index contributed by atoms with van der Waals surface area (Å²) in [4.78, 5) is 0. The first-order chi connectivity index (χ1) is 5.97. The molecule has 0 N–H and O–H groups in total. The van der Waals surface area contributed by atoms with Crippen molar-refractivity contribution in [1.29, 1.82) is 0 Å². The average molecular weight is 300 g/mol. The molecule has 0 aromatic heterocycles. The lowest BCUT2D eigenvalue weighted by Gasteiger charge is -2.05. The van der Waals surface area contributed by atoms with Crippen LogP contribution in [0.3, 0.4) is 0 Å². The SMILES string of the molecule is FC(F)(F)CCc1cccc(I)c1. The van der Waals surface area contributed by atoms with Crippen LogP contribution in [0.2, 0.25) is 0 Å². The van der Waals surface area contributed by atoms with Gasteiger partial charge in [0, 0.05) is 9.99 Å². The van der Waals surface area contributed by atoms with Crippen LogP contribution in [-0.2, 0) is 6.42 Å². The second kappa shape index (κ2) is 4.30. The summed E-state index contributed by atoms with van der Waals surface area (Å²) in [7, 11) is 0. The highest BCUT2D eigenvalue weighted by Crippen LogP contribution is 2.22. The van der Waals surface area contributed by atoms with E-state index >= 15 is 0 Å². The summed E-state index contributed by atoms with van der Waals surface area (Å²) < 4.78 is 36.5. The predicted molar refractivity (Wildman–Crippen MR) is 53.5 cm³/mol. The Morgan fingerprint density at radius 2 is 1.92 bits per heavy atom. The lowest BCUT2D eigenvalue weighted by Crippen LogP contribution is -2.08. The number of hydrogen-bond donors (Lipinski definition) is 0. The molecular formula is C9H8F3I. The number of rotatable bonds is 2. The highest BCUT2D eigenvalue weighted by atomic mass is 127. The zero-order valence-corrected chi connectivity index (χ0v) is 8.89. The summed E-state index contributed by atoms with van der Waals surface area (Å²) in [6.45, 7) is 0. The van der Waals surface area contributed by atoms with Crippen LogP contribution in [0.4, 0.5) is 13.2 Å². The van der Waals surface area contributed by atoms with Gasteiger partial charge in [0.25, 0.3) is 0 Å². The van der Waals surface area contributed by atoms with Crippen molar-refractivity contribution in [2.24, 2.45) is 0 Å². The fourth-order valence-electron chi connectivity index (χ4n) is 0.979. The molecule has 0 saturated heterocycles. The van der Waals surface area contributed by atoms with Gasteiger partial charge in [-0.25, -0.2) is 0 Å². The van der Waals surface area contributed by atoms with Gasteiger partial charge in [0.1, 0.15) is 0 Å². The van der Waals surface area contributed by atoms with E-state index in [4.69, 9.17) is 0 Å². The van der Waals surface area contributed by atoms with Gasteiger partial charge in [-0.05, 0) is 46.7 Å². The third-order valence-corrected chi connectivity index (χ3v) is 2.26. The van der Waals surface area contributed by atoms with Gasteiger partial charge in [-0.1, -0.05) is 12.1 Å². The van der Waals surface area contributed by atoms with Crippen LogP contribution in [0, 0.1) is 3.57 Å². The molecule has 0 radical (unpaired) electrons. The van der Waals surface area contributed by atoms with E-state index in [1.54, 1.807) is 18.2 Å². The minimum Gasteiger partial charge on any atom is -0.171 e. The van der Waals surface area contributed by atoms with E-state index in [9.17, 15) is 13.2 Å². The number of halogens is 4. The Kier molecular flexibility index (Phi) is 3.58. The van der Waals surface area contributed by atoms with Crippen LogP contribution >= 0.6 is 22.6 Å². The second-order valence-corrected chi connectivity index (χ2v) is 3.99. The Morgan fingerprint density at radius 3 is 2.46 bits per heavy atom. The van der Waals surface area contributed by atoms with Crippen molar-refractivity contribution in [1.82, 2.24) is 0 Å². The van der Waals surface area contributed by atoms with Crippen molar-refractivity contribution >= 4 is 22.6 Å². The van der Waals surface area contributed by atoms with Crippen LogP contribution in [-0.4, -0.2) is 6.18 Å². The zero-order chi connectivity index (χ0) is 9.90. The van der Waals surface area contributed by atoms with E-state index in [0.717, 1.165) is 9.13 Å². The van der Waals surface area contributed by atoms with Gasteiger partial charge in [-0.15, -0.1) is 0 Å². The van der Waals surface area contributed by atoms with E-state index in [0.29, 0.717) is 0 Å². The summed E-state index contributed by atoms with van der Waals surface area (Å²) >= 11 is 2.08. The molecule has 0 aliphatic rings. The standard InChI is InChI=1S/C9H8F3I/c10-9(11,12)5-4-7-2-1-3-8(13)6-7/h1-3,6H,4-5H2. The van der Waals surface area contributed by atoms with E-state index in [-0.39, 0.29) is 6.42 Å². The van der Waals surface area contributed by atoms with Crippen molar-refractivity contribution in [3.8, 4) is 0 Å². The molecular weight excluding hydrogens is 292 g/mol. The molecule has 0 unspecified atom stereocenters. The minimum atomic E-state index is -4.05. The zero-order valence-electron chi connectivity index (χ0n) is 6.74. The Bertz CT molecular complexity index is 280. The average Bonchev–Trinajstić information content (AvgIpc) is 2.00. The molecule has 0 spiro atoms. The number of alkyl halides is 3. The Balaban J connectivity index is 2.55. The van der Waals surface area contributed by atoms with E-state index < -0.39 is 12.6 Å². The smallest absolute Gasteiger partial charge is 0.171 e. The predicted octanol–water partition coefficient (Wildman–Crippen LogP) is 3.79. The van der Waals surface area contributed by atoms with Crippen LogP contribution in [0.25, 0.3) is 0 Å².